The molecule has 7 heteroatoms. The molecule has 30 heavy (non-hydrogen) atoms. The SMILES string of the molecule is CN(Cc1ccccc1N1CCCC1)C(=O)Nc1ccc(Cl)c(C(=O)NC2CC2)c1. The highest BCUT2D eigenvalue weighted by atomic mass is 35.5. The summed E-state index contributed by atoms with van der Waals surface area (Å²) < 4.78 is 0. The van der Waals surface area contributed by atoms with Gasteiger partial charge in [-0.25, -0.2) is 4.79 Å². The van der Waals surface area contributed by atoms with E-state index < -0.39 is 0 Å². The van der Waals surface area contributed by atoms with Crippen LogP contribution in [0.1, 0.15) is 41.6 Å². The van der Waals surface area contributed by atoms with Crippen molar-refractivity contribution in [3.63, 3.8) is 0 Å². The van der Waals surface area contributed by atoms with Crippen molar-refractivity contribution in [2.75, 3.05) is 30.4 Å². The highest BCUT2D eigenvalue weighted by molar-refractivity contribution is 6.34. The van der Waals surface area contributed by atoms with Crippen LogP contribution in [0.5, 0.6) is 0 Å². The highest BCUT2D eigenvalue weighted by Crippen LogP contribution is 2.26. The molecule has 1 saturated heterocycles. The Kier molecular flexibility index (Phi) is 6.13. The minimum atomic E-state index is -0.234. The molecule has 158 valence electrons. The fraction of sp³-hybridized carbons (Fsp3) is 0.391. The van der Waals surface area contributed by atoms with Crippen LogP contribution in [-0.2, 0) is 6.54 Å². The van der Waals surface area contributed by atoms with E-state index >= 15 is 0 Å². The molecule has 2 aliphatic rings. The third-order valence-electron chi connectivity index (χ3n) is 5.57. The summed E-state index contributed by atoms with van der Waals surface area (Å²) in [7, 11) is 1.77. The smallest absolute Gasteiger partial charge is 0.321 e. The number of anilines is 2. The van der Waals surface area contributed by atoms with E-state index in [1.165, 1.54) is 18.5 Å². The molecule has 2 aromatic carbocycles. The van der Waals surface area contributed by atoms with Crippen LogP contribution in [0.15, 0.2) is 42.5 Å². The largest absolute Gasteiger partial charge is 0.371 e. The van der Waals surface area contributed by atoms with Gasteiger partial charge >= 0.3 is 6.03 Å². The van der Waals surface area contributed by atoms with Crippen LogP contribution < -0.4 is 15.5 Å². The van der Waals surface area contributed by atoms with E-state index in [1.807, 2.05) is 12.1 Å². The van der Waals surface area contributed by atoms with Crippen molar-refractivity contribution < 1.29 is 9.59 Å². The average Bonchev–Trinajstić information content (AvgIpc) is 3.38. The topological polar surface area (TPSA) is 64.7 Å². The fourth-order valence-electron chi connectivity index (χ4n) is 3.73. The summed E-state index contributed by atoms with van der Waals surface area (Å²) in [6.45, 7) is 2.62. The first-order valence-corrected chi connectivity index (χ1v) is 10.8. The van der Waals surface area contributed by atoms with Crippen LogP contribution in [0.3, 0.4) is 0 Å². The number of para-hydroxylation sites is 1. The molecular weight excluding hydrogens is 400 g/mol. The molecule has 0 aromatic heterocycles. The van der Waals surface area contributed by atoms with Gasteiger partial charge in [-0.3, -0.25) is 4.79 Å². The lowest BCUT2D eigenvalue weighted by atomic mass is 10.1. The van der Waals surface area contributed by atoms with Crippen LogP contribution in [0, 0.1) is 0 Å². The Morgan fingerprint density at radius 3 is 2.60 bits per heavy atom. The third-order valence-corrected chi connectivity index (χ3v) is 5.90. The van der Waals surface area contributed by atoms with Crippen LogP contribution in [0.4, 0.5) is 16.2 Å². The van der Waals surface area contributed by atoms with E-state index in [0.29, 0.717) is 22.8 Å². The lowest BCUT2D eigenvalue weighted by Crippen LogP contribution is -2.32. The van der Waals surface area contributed by atoms with Gasteiger partial charge in [-0.2, -0.15) is 0 Å². The van der Waals surface area contributed by atoms with Crippen molar-refractivity contribution in [1.82, 2.24) is 10.2 Å². The second-order valence-corrected chi connectivity index (χ2v) is 8.46. The predicted octanol–water partition coefficient (Wildman–Crippen LogP) is 4.50. The zero-order chi connectivity index (χ0) is 21.1. The summed E-state index contributed by atoms with van der Waals surface area (Å²) >= 11 is 6.19. The third kappa shape index (κ3) is 4.87. The molecule has 2 N–H and O–H groups in total. The number of carbonyl (C=O) groups excluding carboxylic acids is 2. The molecule has 0 atom stereocenters. The fourth-order valence-corrected chi connectivity index (χ4v) is 3.93. The first kappa shape index (κ1) is 20.5. The van der Waals surface area contributed by atoms with Crippen molar-refractivity contribution in [3.05, 3.63) is 58.6 Å². The molecule has 1 aliphatic heterocycles. The Morgan fingerprint density at radius 2 is 1.87 bits per heavy atom. The van der Waals surface area contributed by atoms with Gasteiger partial charge in [0.15, 0.2) is 0 Å². The van der Waals surface area contributed by atoms with Crippen molar-refractivity contribution >= 4 is 34.9 Å². The second kappa shape index (κ2) is 8.96. The summed E-state index contributed by atoms with van der Waals surface area (Å²) in [5, 5.41) is 6.18. The van der Waals surface area contributed by atoms with Crippen molar-refractivity contribution in [1.29, 1.82) is 0 Å². The van der Waals surface area contributed by atoms with E-state index in [-0.39, 0.29) is 18.0 Å². The zero-order valence-corrected chi connectivity index (χ0v) is 17.9. The number of amides is 3. The lowest BCUT2D eigenvalue weighted by Gasteiger charge is -2.24. The van der Waals surface area contributed by atoms with Gasteiger partial charge in [0.25, 0.3) is 5.91 Å². The minimum Gasteiger partial charge on any atom is -0.371 e. The average molecular weight is 427 g/mol. The maximum atomic E-state index is 12.8. The summed E-state index contributed by atoms with van der Waals surface area (Å²) in [6, 6.07) is 13.2. The number of nitrogens with zero attached hydrogens (tertiary/aromatic N) is 2. The number of hydrogen-bond donors (Lipinski definition) is 2. The van der Waals surface area contributed by atoms with Gasteiger partial charge in [-0.1, -0.05) is 29.8 Å². The van der Waals surface area contributed by atoms with Gasteiger partial charge in [-0.15, -0.1) is 0 Å². The van der Waals surface area contributed by atoms with Gasteiger partial charge in [0.1, 0.15) is 0 Å². The molecule has 0 bridgehead atoms. The summed E-state index contributed by atoms with van der Waals surface area (Å²) in [4.78, 5) is 29.2. The summed E-state index contributed by atoms with van der Waals surface area (Å²) in [5.74, 6) is -0.202. The molecule has 2 aromatic rings. The van der Waals surface area contributed by atoms with E-state index in [9.17, 15) is 9.59 Å². The molecular formula is C23H27ClN4O2. The van der Waals surface area contributed by atoms with Gasteiger partial charge in [0.05, 0.1) is 10.6 Å². The summed E-state index contributed by atoms with van der Waals surface area (Å²) in [6.07, 6.45) is 4.42. The van der Waals surface area contributed by atoms with Crippen LogP contribution in [0.2, 0.25) is 5.02 Å². The second-order valence-electron chi connectivity index (χ2n) is 8.05. The van der Waals surface area contributed by atoms with Gasteiger partial charge in [0.2, 0.25) is 0 Å². The zero-order valence-electron chi connectivity index (χ0n) is 17.2. The van der Waals surface area contributed by atoms with Gasteiger partial charge < -0.3 is 20.4 Å². The lowest BCUT2D eigenvalue weighted by molar-refractivity contribution is 0.0951. The monoisotopic (exact) mass is 426 g/mol. The van der Waals surface area contributed by atoms with Crippen LogP contribution in [0.25, 0.3) is 0 Å². The molecule has 1 heterocycles. The van der Waals surface area contributed by atoms with E-state index in [2.05, 4.69) is 27.7 Å². The molecule has 2 fully saturated rings. The number of rotatable bonds is 6. The Morgan fingerprint density at radius 1 is 1.13 bits per heavy atom. The van der Waals surface area contributed by atoms with Crippen molar-refractivity contribution in [3.8, 4) is 0 Å². The first-order valence-electron chi connectivity index (χ1n) is 10.5. The Balaban J connectivity index is 1.42. The molecule has 0 spiro atoms. The Bertz CT molecular complexity index is 939. The normalized spacial score (nSPS) is 15.7. The number of halogens is 1. The Labute approximate surface area is 182 Å². The number of hydrogen-bond acceptors (Lipinski definition) is 3. The molecule has 3 amide bonds. The van der Waals surface area contributed by atoms with Crippen LogP contribution in [-0.4, -0.2) is 43.0 Å². The molecule has 6 nitrogen and oxygen atoms in total. The number of benzene rings is 2. The molecule has 0 radical (unpaired) electrons. The molecule has 1 saturated carbocycles. The number of urea groups is 1. The molecule has 4 rings (SSSR count). The molecule has 0 unspecified atom stereocenters. The number of nitrogens with one attached hydrogen (secondary N) is 2. The molecule has 1 aliphatic carbocycles. The quantitative estimate of drug-likeness (QED) is 0.714. The predicted molar refractivity (Wildman–Crippen MR) is 120 cm³/mol. The van der Waals surface area contributed by atoms with Gasteiger partial charge in [-0.05, 0) is 55.5 Å². The van der Waals surface area contributed by atoms with Crippen LogP contribution >= 0.6 is 11.6 Å². The van der Waals surface area contributed by atoms with Crippen molar-refractivity contribution in [2.45, 2.75) is 38.3 Å². The maximum Gasteiger partial charge on any atom is 0.321 e. The highest BCUT2D eigenvalue weighted by Gasteiger charge is 2.25. The minimum absolute atomic E-state index is 0.202. The standard InChI is InChI=1S/C23H27ClN4O2/c1-27(15-16-6-2-3-7-21(16)28-12-4-5-13-28)23(30)26-18-10-11-20(24)19(14-18)22(29)25-17-8-9-17/h2-3,6-7,10-11,14,17H,4-5,8-9,12-13,15H2,1H3,(H,25,29)(H,26,30). The first-order chi connectivity index (χ1) is 14.5. The number of carbonyl (C=O) groups is 2. The summed E-state index contributed by atoms with van der Waals surface area (Å²) in [5.41, 5.74) is 3.24. The van der Waals surface area contributed by atoms with Gasteiger partial charge in [0, 0.05) is 44.1 Å². The van der Waals surface area contributed by atoms with E-state index in [0.717, 1.165) is 31.5 Å². The maximum absolute atomic E-state index is 12.8. The Hall–Kier alpha value is -2.73. The van der Waals surface area contributed by atoms with E-state index in [1.54, 1.807) is 30.1 Å². The van der Waals surface area contributed by atoms with Crippen molar-refractivity contribution in [2.24, 2.45) is 0 Å². The van der Waals surface area contributed by atoms with E-state index in [4.69, 9.17) is 11.6 Å².